The lowest BCUT2D eigenvalue weighted by atomic mass is 9.97. The summed E-state index contributed by atoms with van der Waals surface area (Å²) in [5.41, 5.74) is 1.67. The van der Waals surface area contributed by atoms with Gasteiger partial charge in [-0.3, -0.25) is 9.69 Å². The Labute approximate surface area is 182 Å². The number of benzene rings is 3. The van der Waals surface area contributed by atoms with Crippen molar-refractivity contribution in [1.29, 1.82) is 0 Å². The minimum atomic E-state index is -0.186. The first-order valence-corrected chi connectivity index (χ1v) is 10.5. The van der Waals surface area contributed by atoms with Gasteiger partial charge in [-0.2, -0.15) is 0 Å². The smallest absolute Gasteiger partial charge is 0.255 e. The van der Waals surface area contributed by atoms with E-state index in [4.69, 9.17) is 14.2 Å². The van der Waals surface area contributed by atoms with E-state index in [9.17, 15) is 4.79 Å². The van der Waals surface area contributed by atoms with Gasteiger partial charge in [-0.25, -0.2) is 0 Å². The Balaban J connectivity index is 1.62. The monoisotopic (exact) mass is 420 g/mol. The predicted octanol–water partition coefficient (Wildman–Crippen LogP) is 3.66. The molecule has 1 fully saturated rings. The molecule has 31 heavy (non-hydrogen) atoms. The fourth-order valence-corrected chi connectivity index (χ4v) is 4.22. The molecule has 1 N–H and O–H groups in total. The largest absolute Gasteiger partial charge is 0.493 e. The Morgan fingerprint density at radius 2 is 1.74 bits per heavy atom. The number of ether oxygens (including phenoxy) is 3. The van der Waals surface area contributed by atoms with Crippen molar-refractivity contribution in [2.45, 2.75) is 6.04 Å². The summed E-state index contributed by atoms with van der Waals surface area (Å²) in [6.45, 7) is 3.52. The maximum Gasteiger partial charge on any atom is 0.255 e. The molecule has 0 saturated carbocycles. The number of para-hydroxylation sites is 1. The molecule has 0 radical (unpaired) electrons. The van der Waals surface area contributed by atoms with Crippen LogP contribution in [-0.4, -0.2) is 57.9 Å². The zero-order chi connectivity index (χ0) is 21.6. The lowest BCUT2D eigenvalue weighted by Gasteiger charge is -2.35. The maximum atomic E-state index is 13.1. The van der Waals surface area contributed by atoms with Crippen molar-refractivity contribution in [3.05, 3.63) is 71.8 Å². The summed E-state index contributed by atoms with van der Waals surface area (Å²) in [5, 5.41) is 5.53. The van der Waals surface area contributed by atoms with E-state index in [1.807, 2.05) is 6.07 Å². The van der Waals surface area contributed by atoms with Crippen molar-refractivity contribution in [2.24, 2.45) is 0 Å². The summed E-state index contributed by atoms with van der Waals surface area (Å²) in [5.74, 6) is 0.791. The third-order valence-corrected chi connectivity index (χ3v) is 5.77. The van der Waals surface area contributed by atoms with Gasteiger partial charge in [0.1, 0.15) is 0 Å². The molecule has 0 spiro atoms. The molecule has 1 aliphatic heterocycles. The van der Waals surface area contributed by atoms with Gasteiger partial charge < -0.3 is 19.5 Å². The van der Waals surface area contributed by atoms with Gasteiger partial charge in [0.25, 0.3) is 5.91 Å². The van der Waals surface area contributed by atoms with Crippen molar-refractivity contribution in [3.8, 4) is 11.5 Å². The fraction of sp³-hybridized carbons (Fsp3) is 0.320. The predicted molar refractivity (Wildman–Crippen MR) is 121 cm³/mol. The third-order valence-electron chi connectivity index (χ3n) is 5.77. The Morgan fingerprint density at radius 1 is 1.00 bits per heavy atom. The Kier molecular flexibility index (Phi) is 6.70. The van der Waals surface area contributed by atoms with Crippen LogP contribution in [-0.2, 0) is 4.74 Å². The number of nitrogens with zero attached hydrogens (tertiary/aromatic N) is 1. The van der Waals surface area contributed by atoms with E-state index < -0.39 is 0 Å². The van der Waals surface area contributed by atoms with E-state index in [-0.39, 0.29) is 11.9 Å². The molecular formula is C25H28N2O4. The quantitative estimate of drug-likeness (QED) is 0.632. The molecular weight excluding hydrogens is 392 g/mol. The molecule has 6 nitrogen and oxygen atoms in total. The summed E-state index contributed by atoms with van der Waals surface area (Å²) in [7, 11) is 3.11. The summed E-state index contributed by atoms with van der Waals surface area (Å²) in [6, 6.07) is 20.1. The second-order valence-corrected chi connectivity index (χ2v) is 7.48. The maximum absolute atomic E-state index is 13.1. The molecule has 0 aliphatic carbocycles. The van der Waals surface area contributed by atoms with Gasteiger partial charge in [0.2, 0.25) is 0 Å². The highest BCUT2D eigenvalue weighted by Gasteiger charge is 2.25. The molecule has 1 saturated heterocycles. The minimum Gasteiger partial charge on any atom is -0.493 e. The van der Waals surface area contributed by atoms with Crippen molar-refractivity contribution in [3.63, 3.8) is 0 Å². The molecule has 1 heterocycles. The first kappa shape index (κ1) is 21.2. The molecule has 0 bridgehead atoms. The first-order valence-electron chi connectivity index (χ1n) is 10.5. The number of rotatable bonds is 7. The van der Waals surface area contributed by atoms with Crippen LogP contribution in [0.15, 0.2) is 60.7 Å². The molecule has 4 rings (SSSR count). The van der Waals surface area contributed by atoms with Crippen LogP contribution in [0.5, 0.6) is 11.5 Å². The van der Waals surface area contributed by atoms with E-state index in [1.54, 1.807) is 32.4 Å². The molecule has 3 aromatic carbocycles. The number of hydrogen-bond acceptors (Lipinski definition) is 5. The van der Waals surface area contributed by atoms with Gasteiger partial charge in [0, 0.05) is 19.6 Å². The number of morpholine rings is 1. The number of nitrogens with one attached hydrogen (secondary N) is 1. The van der Waals surface area contributed by atoms with Crippen molar-refractivity contribution >= 4 is 16.7 Å². The number of methoxy groups -OCH3 is 2. The highest BCUT2D eigenvalue weighted by Crippen LogP contribution is 2.32. The van der Waals surface area contributed by atoms with Crippen LogP contribution in [0, 0.1) is 0 Å². The van der Waals surface area contributed by atoms with Crippen molar-refractivity contribution < 1.29 is 19.0 Å². The van der Waals surface area contributed by atoms with Crippen molar-refractivity contribution in [2.75, 3.05) is 47.1 Å². The summed E-state index contributed by atoms with van der Waals surface area (Å²) in [4.78, 5) is 15.5. The van der Waals surface area contributed by atoms with Crippen LogP contribution < -0.4 is 14.8 Å². The Bertz CT molecular complexity index is 1040. The van der Waals surface area contributed by atoms with Crippen LogP contribution in [0.4, 0.5) is 0 Å². The molecule has 0 aromatic heterocycles. The summed E-state index contributed by atoms with van der Waals surface area (Å²) in [6.07, 6.45) is 0. The average Bonchev–Trinajstić information content (AvgIpc) is 2.84. The number of amides is 1. The highest BCUT2D eigenvalue weighted by molar-refractivity contribution is 5.98. The highest BCUT2D eigenvalue weighted by atomic mass is 16.5. The lowest BCUT2D eigenvalue weighted by Crippen LogP contribution is -2.44. The van der Waals surface area contributed by atoms with Gasteiger partial charge in [-0.15, -0.1) is 0 Å². The standard InChI is InChI=1S/C25H28N2O4/c1-29-23-12-6-11-21(24(23)30-2)25(28)26-17-22(27-13-15-31-16-14-27)20-10-5-8-18-7-3-4-9-19(18)20/h3-12,22H,13-17H2,1-2H3,(H,26,28)/t22-/m1/s1. The number of carbonyl (C=O) groups excluding carboxylic acids is 1. The van der Waals surface area contributed by atoms with Gasteiger partial charge >= 0.3 is 0 Å². The van der Waals surface area contributed by atoms with Gasteiger partial charge in [-0.05, 0) is 28.5 Å². The second kappa shape index (κ2) is 9.81. The van der Waals surface area contributed by atoms with Gasteiger partial charge in [0.05, 0.1) is 39.0 Å². The van der Waals surface area contributed by atoms with E-state index >= 15 is 0 Å². The SMILES string of the molecule is COc1cccc(C(=O)NC[C@H](c2cccc3ccccc23)N2CCOCC2)c1OC. The minimum absolute atomic E-state index is 0.0375. The molecule has 1 amide bonds. The summed E-state index contributed by atoms with van der Waals surface area (Å²) < 4.78 is 16.3. The van der Waals surface area contributed by atoms with Crippen LogP contribution in [0.1, 0.15) is 22.0 Å². The topological polar surface area (TPSA) is 60.0 Å². The number of fused-ring (bicyclic) bond motifs is 1. The van der Waals surface area contributed by atoms with Crippen molar-refractivity contribution in [1.82, 2.24) is 10.2 Å². The fourth-order valence-electron chi connectivity index (χ4n) is 4.22. The van der Waals surface area contributed by atoms with Crippen LogP contribution in [0.3, 0.4) is 0 Å². The molecule has 6 heteroatoms. The Hall–Kier alpha value is -3.09. The van der Waals surface area contributed by atoms with Gasteiger partial charge in [0.15, 0.2) is 11.5 Å². The van der Waals surface area contributed by atoms with Crippen LogP contribution >= 0.6 is 0 Å². The normalized spacial score (nSPS) is 15.4. The molecule has 1 aliphatic rings. The third kappa shape index (κ3) is 4.50. The van der Waals surface area contributed by atoms with E-state index in [1.165, 1.54) is 16.3 Å². The molecule has 162 valence electrons. The van der Waals surface area contributed by atoms with E-state index in [0.717, 1.165) is 13.1 Å². The second-order valence-electron chi connectivity index (χ2n) is 7.48. The number of carbonyl (C=O) groups is 1. The zero-order valence-corrected chi connectivity index (χ0v) is 18.0. The molecule has 1 atom stereocenters. The summed E-state index contributed by atoms with van der Waals surface area (Å²) >= 11 is 0. The number of hydrogen-bond donors (Lipinski definition) is 1. The van der Waals surface area contributed by atoms with E-state index in [2.05, 4.69) is 46.6 Å². The van der Waals surface area contributed by atoms with E-state index in [0.29, 0.717) is 36.8 Å². The van der Waals surface area contributed by atoms with Crippen LogP contribution in [0.25, 0.3) is 10.8 Å². The Morgan fingerprint density at radius 3 is 2.52 bits per heavy atom. The molecule has 3 aromatic rings. The zero-order valence-electron chi connectivity index (χ0n) is 18.0. The average molecular weight is 421 g/mol. The van der Waals surface area contributed by atoms with Gasteiger partial charge in [-0.1, -0.05) is 48.5 Å². The van der Waals surface area contributed by atoms with Crippen LogP contribution in [0.2, 0.25) is 0 Å². The lowest BCUT2D eigenvalue weighted by molar-refractivity contribution is 0.0165. The molecule has 0 unspecified atom stereocenters. The first-order chi connectivity index (χ1) is 15.2.